The molecule has 0 saturated carbocycles. The SMILES string of the molecule is O=c1nc(NP2(=O)OCCC(c3cccc(Br)c3)O2)ccn1[C@@H]1O[C@@H](CO)[C@@H](O)C1(F)F. The summed E-state index contributed by atoms with van der Waals surface area (Å²) in [6, 6.07) is 8.38. The molecule has 0 spiro atoms. The van der Waals surface area contributed by atoms with Crippen LogP contribution in [-0.4, -0.2) is 51.1 Å². The molecular weight excluding hydrogens is 519 g/mol. The molecule has 0 bridgehead atoms. The van der Waals surface area contributed by atoms with E-state index in [1.54, 1.807) is 12.1 Å². The first kappa shape index (κ1) is 23.4. The van der Waals surface area contributed by atoms with Crippen molar-refractivity contribution in [2.24, 2.45) is 0 Å². The van der Waals surface area contributed by atoms with Gasteiger partial charge < -0.3 is 14.9 Å². The number of alkyl halides is 2. The van der Waals surface area contributed by atoms with E-state index >= 15 is 0 Å². The van der Waals surface area contributed by atoms with Crippen LogP contribution < -0.4 is 10.8 Å². The Balaban J connectivity index is 1.52. The first-order valence-corrected chi connectivity index (χ1v) is 11.8. The van der Waals surface area contributed by atoms with Crippen LogP contribution >= 0.6 is 23.7 Å². The molecule has 5 atom stereocenters. The van der Waals surface area contributed by atoms with Gasteiger partial charge in [0, 0.05) is 17.1 Å². The molecule has 2 aliphatic rings. The van der Waals surface area contributed by atoms with Crippen LogP contribution in [0.5, 0.6) is 0 Å². The maximum atomic E-state index is 14.3. The summed E-state index contributed by atoms with van der Waals surface area (Å²) < 4.78 is 58.7. The predicted molar refractivity (Wildman–Crippen MR) is 110 cm³/mol. The van der Waals surface area contributed by atoms with E-state index in [9.17, 15) is 23.2 Å². The van der Waals surface area contributed by atoms with E-state index in [4.69, 9.17) is 18.9 Å². The number of aliphatic hydroxyl groups is 2. The van der Waals surface area contributed by atoms with Gasteiger partial charge in [-0.05, 0) is 23.8 Å². The van der Waals surface area contributed by atoms with E-state index in [1.807, 2.05) is 12.1 Å². The van der Waals surface area contributed by atoms with Crippen LogP contribution in [0, 0.1) is 0 Å². The van der Waals surface area contributed by atoms with Gasteiger partial charge in [-0.3, -0.25) is 18.7 Å². The van der Waals surface area contributed by atoms with Crippen molar-refractivity contribution in [2.45, 2.75) is 36.9 Å². The zero-order valence-corrected chi connectivity index (χ0v) is 18.8. The summed E-state index contributed by atoms with van der Waals surface area (Å²) in [5.41, 5.74) is -0.386. The molecule has 2 unspecified atom stereocenters. The third kappa shape index (κ3) is 4.51. The third-order valence-electron chi connectivity index (χ3n) is 5.02. The fraction of sp³-hybridized carbons (Fsp3) is 0.444. The van der Waals surface area contributed by atoms with Crippen LogP contribution in [0.15, 0.2) is 45.8 Å². The third-order valence-corrected chi connectivity index (χ3v) is 7.07. The van der Waals surface area contributed by atoms with Gasteiger partial charge in [0.15, 0.2) is 6.10 Å². The Kier molecular flexibility index (Phi) is 6.52. The normalized spacial score (nSPS) is 32.0. The van der Waals surface area contributed by atoms with Crippen molar-refractivity contribution in [1.29, 1.82) is 0 Å². The molecule has 1 aromatic carbocycles. The van der Waals surface area contributed by atoms with Gasteiger partial charge in [-0.1, -0.05) is 28.1 Å². The molecule has 2 aliphatic heterocycles. The zero-order valence-electron chi connectivity index (χ0n) is 16.3. The van der Waals surface area contributed by atoms with Crippen LogP contribution in [0.25, 0.3) is 0 Å². The number of aliphatic hydroxyl groups excluding tert-OH is 2. The van der Waals surface area contributed by atoms with Crippen LogP contribution in [0.3, 0.4) is 0 Å². The van der Waals surface area contributed by atoms with E-state index in [-0.39, 0.29) is 12.4 Å². The summed E-state index contributed by atoms with van der Waals surface area (Å²) in [5.74, 6) is -4.06. The highest BCUT2D eigenvalue weighted by Gasteiger charge is 2.59. The van der Waals surface area contributed by atoms with Crippen LogP contribution in [0.2, 0.25) is 0 Å². The highest BCUT2D eigenvalue weighted by atomic mass is 79.9. The smallest absolute Gasteiger partial charge is 0.394 e. The number of nitrogens with zero attached hydrogens (tertiary/aromatic N) is 2. The fourth-order valence-electron chi connectivity index (χ4n) is 3.44. The zero-order chi connectivity index (χ0) is 23.1. The predicted octanol–water partition coefficient (Wildman–Crippen LogP) is 2.59. The van der Waals surface area contributed by atoms with Crippen molar-refractivity contribution in [3.63, 3.8) is 0 Å². The Morgan fingerprint density at radius 3 is 2.81 bits per heavy atom. The van der Waals surface area contributed by atoms with Gasteiger partial charge in [0.2, 0.25) is 6.23 Å². The van der Waals surface area contributed by atoms with Crippen molar-refractivity contribution < 1.29 is 37.3 Å². The lowest BCUT2D eigenvalue weighted by atomic mass is 10.1. The van der Waals surface area contributed by atoms with Gasteiger partial charge >= 0.3 is 19.4 Å². The molecule has 2 saturated heterocycles. The average Bonchev–Trinajstić information content (AvgIpc) is 2.97. The van der Waals surface area contributed by atoms with Gasteiger partial charge in [0.05, 0.1) is 19.3 Å². The monoisotopic (exact) mass is 537 g/mol. The van der Waals surface area contributed by atoms with Crippen molar-refractivity contribution in [2.75, 3.05) is 18.3 Å². The molecule has 32 heavy (non-hydrogen) atoms. The molecular formula is C18H19BrF2N3O7P. The van der Waals surface area contributed by atoms with Crippen molar-refractivity contribution in [3.8, 4) is 0 Å². The van der Waals surface area contributed by atoms with Crippen molar-refractivity contribution in [1.82, 2.24) is 9.55 Å². The second-order valence-electron chi connectivity index (χ2n) is 7.21. The minimum atomic E-state index is -3.91. The van der Waals surface area contributed by atoms with E-state index in [2.05, 4.69) is 26.0 Å². The maximum absolute atomic E-state index is 14.3. The number of halogens is 3. The number of anilines is 1. The highest BCUT2D eigenvalue weighted by molar-refractivity contribution is 9.10. The van der Waals surface area contributed by atoms with Crippen LogP contribution in [0.4, 0.5) is 14.6 Å². The number of benzene rings is 1. The number of aromatic nitrogens is 2. The molecule has 0 amide bonds. The second-order valence-corrected chi connectivity index (χ2v) is 9.81. The molecule has 10 nitrogen and oxygen atoms in total. The summed E-state index contributed by atoms with van der Waals surface area (Å²) in [6.45, 7) is -0.743. The lowest BCUT2D eigenvalue weighted by Crippen LogP contribution is -2.41. The first-order chi connectivity index (χ1) is 15.1. The van der Waals surface area contributed by atoms with Crippen LogP contribution in [-0.2, 0) is 18.3 Å². The topological polar surface area (TPSA) is 132 Å². The minimum absolute atomic E-state index is 0.112. The molecule has 1 aromatic heterocycles. The highest BCUT2D eigenvalue weighted by Crippen LogP contribution is 2.55. The van der Waals surface area contributed by atoms with Crippen molar-refractivity contribution >= 4 is 29.5 Å². The number of rotatable bonds is 5. The lowest BCUT2D eigenvalue weighted by Gasteiger charge is -2.30. The summed E-state index contributed by atoms with van der Waals surface area (Å²) in [7, 11) is -3.91. The van der Waals surface area contributed by atoms with E-state index in [0.717, 1.165) is 22.3 Å². The Morgan fingerprint density at radius 1 is 1.38 bits per heavy atom. The molecule has 4 rings (SSSR count). The molecule has 2 aromatic rings. The van der Waals surface area contributed by atoms with Gasteiger partial charge in [0.1, 0.15) is 11.9 Å². The minimum Gasteiger partial charge on any atom is -0.394 e. The van der Waals surface area contributed by atoms with E-state index in [1.165, 1.54) is 0 Å². The molecule has 2 fully saturated rings. The number of nitrogens with one attached hydrogen (secondary N) is 1. The molecule has 3 N–H and O–H groups in total. The molecule has 14 heteroatoms. The largest absolute Gasteiger partial charge is 0.434 e. The summed E-state index contributed by atoms with van der Waals surface area (Å²) >= 11 is 3.36. The number of ether oxygens (including phenoxy) is 1. The standard InChI is InChI=1S/C18H19BrF2N3O7P/c19-11-3-1-2-10(8-11)12-5-7-29-32(28,31-12)23-14-4-6-24(17(27)22-14)16-18(20,21)15(26)13(9-25)30-16/h1-4,6,8,12-13,15-16,25-26H,5,7,9H2,(H,22,23,27,28)/t12?,13-,15+,16+,32?/m0/s1. The molecule has 174 valence electrons. The van der Waals surface area contributed by atoms with Crippen LogP contribution in [0.1, 0.15) is 24.3 Å². The van der Waals surface area contributed by atoms with Gasteiger partial charge in [-0.15, -0.1) is 0 Å². The second kappa shape index (κ2) is 8.90. The summed E-state index contributed by atoms with van der Waals surface area (Å²) in [4.78, 5) is 16.0. The molecule has 0 radical (unpaired) electrons. The van der Waals surface area contributed by atoms with Gasteiger partial charge in [-0.2, -0.15) is 13.8 Å². The van der Waals surface area contributed by atoms with Crippen molar-refractivity contribution in [3.05, 3.63) is 57.0 Å². The summed E-state index contributed by atoms with van der Waals surface area (Å²) in [5, 5.41) is 21.1. The summed E-state index contributed by atoms with van der Waals surface area (Å²) in [6.07, 6.45) is -5.17. The first-order valence-electron chi connectivity index (χ1n) is 9.51. The molecule has 0 aliphatic carbocycles. The van der Waals surface area contributed by atoms with E-state index < -0.39 is 50.5 Å². The number of hydrogen-bond acceptors (Lipinski definition) is 8. The Labute approximate surface area is 188 Å². The van der Waals surface area contributed by atoms with Gasteiger partial charge in [0.25, 0.3) is 0 Å². The Morgan fingerprint density at radius 2 is 2.16 bits per heavy atom. The Hall–Kier alpha value is -1.73. The lowest BCUT2D eigenvalue weighted by molar-refractivity contribution is -0.140. The van der Waals surface area contributed by atoms with Gasteiger partial charge in [-0.25, -0.2) is 9.36 Å². The average molecular weight is 538 g/mol. The molecule has 3 heterocycles. The quantitative estimate of drug-likeness (QED) is 0.492. The fourth-order valence-corrected chi connectivity index (χ4v) is 5.34. The number of hydrogen-bond donors (Lipinski definition) is 3. The maximum Gasteiger partial charge on any atom is 0.434 e. The Bertz CT molecular complexity index is 1100. The van der Waals surface area contributed by atoms with E-state index in [0.29, 0.717) is 11.0 Å².